The molecule has 0 N–H and O–H groups in total. The zero-order valence-electron chi connectivity index (χ0n) is 79.8. The first-order chi connectivity index (χ1) is 71.7. The van der Waals surface area contributed by atoms with E-state index in [2.05, 4.69) is 564 Å². The number of fused-ring (bicyclic) bond motifs is 19. The van der Waals surface area contributed by atoms with Crippen molar-refractivity contribution in [3.8, 4) is 101 Å². The summed E-state index contributed by atoms with van der Waals surface area (Å²) in [6, 6.07) is 195. The van der Waals surface area contributed by atoms with Crippen molar-refractivity contribution in [3.05, 3.63) is 533 Å². The van der Waals surface area contributed by atoms with Crippen LogP contribution in [0.15, 0.2) is 522 Å². The van der Waals surface area contributed by atoms with Gasteiger partial charge in [-0.2, -0.15) is 0 Å². The van der Waals surface area contributed by atoms with Crippen molar-refractivity contribution in [3.63, 3.8) is 0 Å². The van der Waals surface area contributed by atoms with Gasteiger partial charge in [-0.3, -0.25) is 0 Å². The monoisotopic (exact) mass is 1840 g/mol. The van der Waals surface area contributed by atoms with Crippen molar-refractivity contribution in [1.29, 1.82) is 0 Å². The van der Waals surface area contributed by atoms with Crippen molar-refractivity contribution >= 4 is 164 Å². The summed E-state index contributed by atoms with van der Waals surface area (Å²) in [6.45, 7) is 4.84. The van der Waals surface area contributed by atoms with E-state index < -0.39 is 0 Å². The highest BCUT2D eigenvalue weighted by atomic mass is 15.2. The number of benzene rings is 24. The summed E-state index contributed by atoms with van der Waals surface area (Å²) in [5.74, 6) is 0. The number of hydrogen-bond donors (Lipinski definition) is 0. The molecule has 0 saturated carbocycles. The van der Waals surface area contributed by atoms with Crippen molar-refractivity contribution in [2.24, 2.45) is 0 Å². The Morgan fingerprint density at radius 3 is 0.979 bits per heavy atom. The molecule has 0 saturated heterocycles. The van der Waals surface area contributed by atoms with Gasteiger partial charge in [0.05, 0.1) is 66.9 Å². The van der Waals surface area contributed by atoms with Crippen molar-refractivity contribution in [2.75, 3.05) is 9.80 Å². The maximum absolute atomic E-state index is 2.53. The SMILES string of the molecule is CC1(C)c2cc(-c3ccc4c(c3)c3ccccc3n4-c3ccccc3)ccc2-c2ccc(N(c3cccc4ccccc34)c3ccc(-c4ccc5c6ccccc6n(-c6cccc(-c7cccc8c(N(c9ccc(-c%10ccc(-c%11ccc%12c(c%11)c%11ccccc%11n%12-c%11ccccc%11)cc%10)cc9)c9ccc(-c%10ccc%11c%12ccccc%12n(-c%12ccccc%12)c%11c%10)c%10ccccc9%10)cccc78)c6)c5c4)c4ccccc34)cc21. The average Bonchev–Trinajstić information content (AvgIpc) is 1.61. The maximum Gasteiger partial charge on any atom is 0.0547 e. The number of rotatable bonds is 16. The lowest BCUT2D eigenvalue weighted by Gasteiger charge is -2.30. The molecule has 0 spiro atoms. The Morgan fingerprint density at radius 2 is 0.448 bits per heavy atom. The second-order valence-corrected chi connectivity index (χ2v) is 39.3. The first-order valence-electron chi connectivity index (χ1n) is 50.2. The summed E-state index contributed by atoms with van der Waals surface area (Å²) in [6.07, 6.45) is 0. The third kappa shape index (κ3) is 13.3. The van der Waals surface area contributed by atoms with E-state index in [1.54, 1.807) is 0 Å². The van der Waals surface area contributed by atoms with Gasteiger partial charge in [-0.15, -0.1) is 0 Å². The van der Waals surface area contributed by atoms with E-state index in [1.165, 1.54) is 148 Å². The predicted molar refractivity (Wildman–Crippen MR) is 613 cm³/mol. The predicted octanol–water partition coefficient (Wildman–Crippen LogP) is 37.9. The lowest BCUT2D eigenvalue weighted by Crippen LogP contribution is -2.17. The van der Waals surface area contributed by atoms with Gasteiger partial charge in [0.25, 0.3) is 0 Å². The Balaban J connectivity index is 0.528. The Hall–Kier alpha value is -18.9. The van der Waals surface area contributed by atoms with Gasteiger partial charge >= 0.3 is 0 Å². The second-order valence-electron chi connectivity index (χ2n) is 39.3. The van der Waals surface area contributed by atoms with Crippen LogP contribution in [0.5, 0.6) is 0 Å². The van der Waals surface area contributed by atoms with E-state index in [-0.39, 0.29) is 5.41 Å². The molecule has 29 rings (SSSR count). The van der Waals surface area contributed by atoms with Crippen LogP contribution < -0.4 is 9.80 Å². The molecular formula is C139H92N6. The molecule has 1 aliphatic carbocycles. The minimum Gasteiger partial charge on any atom is -0.309 e. The van der Waals surface area contributed by atoms with Crippen LogP contribution in [0.3, 0.4) is 0 Å². The van der Waals surface area contributed by atoms with Crippen LogP contribution in [0.4, 0.5) is 34.1 Å². The lowest BCUT2D eigenvalue weighted by molar-refractivity contribution is 0.660. The van der Waals surface area contributed by atoms with Gasteiger partial charge in [0, 0.05) is 104 Å². The van der Waals surface area contributed by atoms with E-state index in [0.717, 1.165) is 128 Å². The fourth-order valence-corrected chi connectivity index (χ4v) is 24.4. The summed E-state index contributed by atoms with van der Waals surface area (Å²) in [7, 11) is 0. The second kappa shape index (κ2) is 33.2. The molecule has 28 aromatic rings. The van der Waals surface area contributed by atoms with Crippen LogP contribution in [0.25, 0.3) is 231 Å². The fourth-order valence-electron chi connectivity index (χ4n) is 24.4. The number of anilines is 6. The molecule has 0 atom stereocenters. The first-order valence-corrected chi connectivity index (χ1v) is 50.2. The molecule has 1 aliphatic rings. The van der Waals surface area contributed by atoms with Crippen LogP contribution in [0.1, 0.15) is 25.0 Å². The normalized spacial score (nSPS) is 12.4. The van der Waals surface area contributed by atoms with Crippen molar-refractivity contribution < 1.29 is 0 Å². The van der Waals surface area contributed by atoms with Crippen LogP contribution in [-0.2, 0) is 5.41 Å². The highest BCUT2D eigenvalue weighted by molar-refractivity contribution is 6.19. The van der Waals surface area contributed by atoms with Gasteiger partial charge in [-0.25, -0.2) is 0 Å². The first kappa shape index (κ1) is 83.1. The van der Waals surface area contributed by atoms with Crippen LogP contribution in [0, 0.1) is 0 Å². The summed E-state index contributed by atoms with van der Waals surface area (Å²) in [5.41, 5.74) is 39.3. The fraction of sp³-hybridized carbons (Fsp3) is 0.0216. The molecule has 678 valence electrons. The maximum atomic E-state index is 2.53. The standard InChI is InChI=1S/C139H92N6/c1-139(2)125-85-95(94-68-79-136-124(84-94)120-48-21-25-55-131(120)141(136)100-35-8-4-9-36-100)64-72-112(125)113-75-71-104(88-126(113)139)144(127-56-27-31-92-30-12-13-40-108(92)127)134-81-77-107(110-42-15-17-44-115(110)134)98-66-74-122-118-46-19-23-53-129(118)145(138(122)87-98)103-39-26-32-96(82-103)105-49-28-51-116-111(105)50-29-57-132(116)142(133-80-76-106(109-41-14-16-43-114(109)133)97-65-73-121-117-45-18-22-52-128(117)143(137(121)86-97)101-37-10-5-11-38-101)102-69-62-90(63-70-102)89-58-60-91(61-59-89)93-67-78-135-123(83-93)119-47-20-24-54-130(119)140(135)99-33-6-3-7-34-99/h3-88H,1-2H3. The number of aromatic nitrogens is 4. The summed E-state index contributed by atoms with van der Waals surface area (Å²) >= 11 is 0. The lowest BCUT2D eigenvalue weighted by atomic mass is 9.81. The Labute approximate surface area is 839 Å². The minimum absolute atomic E-state index is 0.327. The molecule has 6 heteroatoms. The molecule has 145 heavy (non-hydrogen) atoms. The highest BCUT2D eigenvalue weighted by Gasteiger charge is 2.38. The van der Waals surface area contributed by atoms with Gasteiger partial charge < -0.3 is 28.1 Å². The van der Waals surface area contributed by atoms with Gasteiger partial charge in [-0.05, 0) is 274 Å². The summed E-state index contributed by atoms with van der Waals surface area (Å²) in [4.78, 5) is 5.04. The van der Waals surface area contributed by atoms with Gasteiger partial charge in [0.15, 0.2) is 0 Å². The van der Waals surface area contributed by atoms with Crippen LogP contribution in [0.2, 0.25) is 0 Å². The highest BCUT2D eigenvalue weighted by Crippen LogP contribution is 2.56. The molecule has 0 bridgehead atoms. The average molecular weight is 1850 g/mol. The van der Waals surface area contributed by atoms with Crippen molar-refractivity contribution in [2.45, 2.75) is 19.3 Å². The van der Waals surface area contributed by atoms with E-state index in [9.17, 15) is 0 Å². The molecule has 0 aliphatic heterocycles. The molecule has 24 aromatic carbocycles. The van der Waals surface area contributed by atoms with E-state index in [4.69, 9.17) is 0 Å². The molecule has 0 unspecified atom stereocenters. The summed E-state index contributed by atoms with van der Waals surface area (Å²) in [5, 5.41) is 19.1. The largest absolute Gasteiger partial charge is 0.309 e. The quantitative estimate of drug-likeness (QED) is 0.0964. The molecule has 0 amide bonds. The van der Waals surface area contributed by atoms with Crippen LogP contribution in [-0.4, -0.2) is 18.3 Å². The smallest absolute Gasteiger partial charge is 0.0547 e. The van der Waals surface area contributed by atoms with Gasteiger partial charge in [0.2, 0.25) is 0 Å². The van der Waals surface area contributed by atoms with Gasteiger partial charge in [0.1, 0.15) is 0 Å². The molecule has 4 heterocycles. The van der Waals surface area contributed by atoms with Crippen LogP contribution >= 0.6 is 0 Å². The van der Waals surface area contributed by atoms with Gasteiger partial charge in [-0.1, -0.05) is 372 Å². The van der Waals surface area contributed by atoms with Crippen molar-refractivity contribution in [1.82, 2.24) is 18.3 Å². The van der Waals surface area contributed by atoms with E-state index in [0.29, 0.717) is 0 Å². The Morgan fingerprint density at radius 1 is 0.152 bits per heavy atom. The molecule has 6 nitrogen and oxygen atoms in total. The topological polar surface area (TPSA) is 26.2 Å². The molecular weight excluding hydrogens is 1750 g/mol. The third-order valence-electron chi connectivity index (χ3n) is 31.1. The number of nitrogens with zero attached hydrogens (tertiary/aromatic N) is 6. The number of para-hydroxylation sites is 7. The number of hydrogen-bond acceptors (Lipinski definition) is 2. The van der Waals surface area contributed by atoms with E-state index in [1.807, 2.05) is 0 Å². The molecule has 4 aromatic heterocycles. The zero-order chi connectivity index (χ0) is 95.6. The van der Waals surface area contributed by atoms with E-state index >= 15 is 0 Å². The summed E-state index contributed by atoms with van der Waals surface area (Å²) < 4.78 is 9.69. The Bertz CT molecular complexity index is 10200. The zero-order valence-corrected chi connectivity index (χ0v) is 79.8. The Kier molecular flexibility index (Phi) is 19.0. The molecule has 0 radical (unpaired) electrons. The third-order valence-corrected chi connectivity index (χ3v) is 31.1. The molecule has 0 fully saturated rings. The minimum atomic E-state index is -0.327.